The van der Waals surface area contributed by atoms with Crippen LogP contribution in [0.15, 0.2) is 82.8 Å². The number of nitrogens with zero attached hydrogens (tertiary/aromatic N) is 2. The summed E-state index contributed by atoms with van der Waals surface area (Å²) < 4.78 is 0. The highest BCUT2D eigenvalue weighted by Crippen LogP contribution is 2.31. The molecule has 0 bridgehead atoms. The molecule has 4 aromatic carbocycles. The number of para-hydroxylation sites is 2. The third-order valence-corrected chi connectivity index (χ3v) is 4.78. The zero-order valence-corrected chi connectivity index (χ0v) is 13.2. The molecule has 0 unspecified atom stereocenters. The van der Waals surface area contributed by atoms with Crippen LogP contribution in [0, 0.1) is 0 Å². The lowest BCUT2D eigenvalue weighted by molar-refractivity contribution is 0.957. The lowest BCUT2D eigenvalue weighted by atomic mass is 9.94. The number of benzene rings is 4. The minimum atomic E-state index is 0.678. The predicted octanol–water partition coefficient (Wildman–Crippen LogP) is 3.95. The van der Waals surface area contributed by atoms with Gasteiger partial charge in [0.05, 0.1) is 23.8 Å². The van der Waals surface area contributed by atoms with Crippen LogP contribution in [-0.2, 0) is 13.1 Å². The average Bonchev–Trinajstić information content (AvgIpc) is 2.64. The van der Waals surface area contributed by atoms with Crippen molar-refractivity contribution in [2.24, 2.45) is 9.98 Å². The van der Waals surface area contributed by atoms with E-state index in [2.05, 4.69) is 48.5 Å². The van der Waals surface area contributed by atoms with Crippen molar-refractivity contribution in [1.82, 2.24) is 0 Å². The average molecular weight is 308 g/mol. The molecular formula is C22H16N2. The Balaban J connectivity index is 1.96. The second-order valence-corrected chi connectivity index (χ2v) is 6.22. The van der Waals surface area contributed by atoms with E-state index in [0.717, 1.165) is 10.7 Å². The van der Waals surface area contributed by atoms with Gasteiger partial charge in [0.25, 0.3) is 0 Å². The maximum Gasteiger partial charge on any atom is 0.0830 e. The van der Waals surface area contributed by atoms with Crippen LogP contribution in [0.2, 0.25) is 0 Å². The van der Waals surface area contributed by atoms with Gasteiger partial charge >= 0.3 is 0 Å². The molecule has 2 heteroatoms. The number of hydrogen-bond donors (Lipinski definition) is 0. The minimum absolute atomic E-state index is 0.678. The Morgan fingerprint density at radius 2 is 1.00 bits per heavy atom. The van der Waals surface area contributed by atoms with Gasteiger partial charge in [-0.15, -0.1) is 0 Å². The molecule has 0 amide bonds. The summed E-state index contributed by atoms with van der Waals surface area (Å²) >= 11 is 0. The van der Waals surface area contributed by atoms with E-state index in [1.54, 1.807) is 0 Å². The fourth-order valence-electron chi connectivity index (χ4n) is 3.64. The molecule has 0 aliphatic carbocycles. The Bertz CT molecular complexity index is 1110. The van der Waals surface area contributed by atoms with Crippen molar-refractivity contribution in [2.75, 3.05) is 0 Å². The Labute approximate surface area is 139 Å². The standard InChI is InChI=1S/C22H16N2/c1-2-10-20-19(9-1)23-13-17-7-3-5-15-11-12-16-6-4-8-18(14-24-20)22(16)21(15)17/h1-12H,13-14H2. The lowest BCUT2D eigenvalue weighted by Gasteiger charge is -2.12. The van der Waals surface area contributed by atoms with Gasteiger partial charge in [0, 0.05) is 0 Å². The van der Waals surface area contributed by atoms with Crippen LogP contribution in [0.5, 0.6) is 0 Å². The quantitative estimate of drug-likeness (QED) is 0.440. The van der Waals surface area contributed by atoms with E-state index in [9.17, 15) is 0 Å². The first kappa shape index (κ1) is 13.4. The summed E-state index contributed by atoms with van der Waals surface area (Å²) in [6.07, 6.45) is 0. The van der Waals surface area contributed by atoms with Crippen LogP contribution in [0.3, 0.4) is 0 Å². The topological polar surface area (TPSA) is 24.7 Å². The van der Waals surface area contributed by atoms with Gasteiger partial charge in [-0.1, -0.05) is 60.7 Å². The summed E-state index contributed by atoms with van der Waals surface area (Å²) in [5.74, 6) is 0. The maximum absolute atomic E-state index is 4.84. The second kappa shape index (κ2) is 5.27. The normalized spacial score (nSPS) is 13.3. The molecule has 1 aliphatic heterocycles. The molecule has 0 N–H and O–H groups in total. The van der Waals surface area contributed by atoms with Crippen LogP contribution < -0.4 is 10.7 Å². The molecule has 0 saturated heterocycles. The van der Waals surface area contributed by atoms with Crippen LogP contribution >= 0.6 is 0 Å². The molecule has 4 aromatic rings. The molecule has 2 nitrogen and oxygen atoms in total. The first-order chi connectivity index (χ1) is 11.9. The van der Waals surface area contributed by atoms with Crippen molar-refractivity contribution >= 4 is 21.5 Å². The highest BCUT2D eigenvalue weighted by atomic mass is 14.8. The SMILES string of the molecule is c1ccc2c(c1)=NCc1cccc3ccc4cccc(c4c13)CN=2. The van der Waals surface area contributed by atoms with E-state index >= 15 is 0 Å². The van der Waals surface area contributed by atoms with E-state index in [4.69, 9.17) is 9.98 Å². The zero-order chi connectivity index (χ0) is 15.9. The molecule has 1 heterocycles. The molecule has 0 atom stereocenters. The Hall–Kier alpha value is -3.00. The maximum atomic E-state index is 4.84. The van der Waals surface area contributed by atoms with Crippen molar-refractivity contribution in [3.05, 3.63) is 94.6 Å². The van der Waals surface area contributed by atoms with Crippen molar-refractivity contribution in [1.29, 1.82) is 0 Å². The van der Waals surface area contributed by atoms with E-state index in [0.29, 0.717) is 13.1 Å². The Kier molecular flexibility index (Phi) is 2.95. The van der Waals surface area contributed by atoms with Gasteiger partial charge in [-0.3, -0.25) is 9.98 Å². The number of hydrogen-bond acceptors (Lipinski definition) is 2. The van der Waals surface area contributed by atoms with E-state index in [-0.39, 0.29) is 0 Å². The fraction of sp³-hybridized carbons (Fsp3) is 0.0909. The molecule has 1 aliphatic rings. The molecule has 0 spiro atoms. The van der Waals surface area contributed by atoms with E-state index in [1.807, 2.05) is 24.3 Å². The molecule has 0 aromatic heterocycles. The van der Waals surface area contributed by atoms with Gasteiger partial charge in [-0.2, -0.15) is 0 Å². The highest BCUT2D eigenvalue weighted by molar-refractivity contribution is 6.10. The van der Waals surface area contributed by atoms with Gasteiger partial charge in [0.1, 0.15) is 0 Å². The molecule has 24 heavy (non-hydrogen) atoms. The van der Waals surface area contributed by atoms with Crippen molar-refractivity contribution in [3.63, 3.8) is 0 Å². The van der Waals surface area contributed by atoms with Gasteiger partial charge in [-0.05, 0) is 44.8 Å². The summed E-state index contributed by atoms with van der Waals surface area (Å²) in [5, 5.41) is 7.14. The van der Waals surface area contributed by atoms with Crippen molar-refractivity contribution in [2.45, 2.75) is 13.1 Å². The predicted molar refractivity (Wildman–Crippen MR) is 97.6 cm³/mol. The van der Waals surface area contributed by atoms with Gasteiger partial charge in [-0.25, -0.2) is 0 Å². The first-order valence-corrected chi connectivity index (χ1v) is 8.26. The summed E-state index contributed by atoms with van der Waals surface area (Å²) in [6, 6.07) is 25.6. The smallest absolute Gasteiger partial charge is 0.0830 e. The van der Waals surface area contributed by atoms with Gasteiger partial charge in [0.15, 0.2) is 0 Å². The molecular weight excluding hydrogens is 292 g/mol. The lowest BCUT2D eigenvalue weighted by Crippen LogP contribution is -2.25. The molecule has 0 fully saturated rings. The van der Waals surface area contributed by atoms with Crippen LogP contribution in [-0.4, -0.2) is 0 Å². The van der Waals surface area contributed by atoms with Crippen LogP contribution in [0.4, 0.5) is 0 Å². The number of fused-ring (bicyclic) bond motifs is 1. The summed E-state index contributed by atoms with van der Waals surface area (Å²) in [7, 11) is 0. The minimum Gasteiger partial charge on any atom is -0.278 e. The van der Waals surface area contributed by atoms with E-state index < -0.39 is 0 Å². The fourth-order valence-corrected chi connectivity index (χ4v) is 3.64. The van der Waals surface area contributed by atoms with Crippen LogP contribution in [0.1, 0.15) is 11.1 Å². The van der Waals surface area contributed by atoms with Crippen molar-refractivity contribution < 1.29 is 0 Å². The third kappa shape index (κ3) is 2.04. The summed E-state index contributed by atoms with van der Waals surface area (Å²) in [6.45, 7) is 1.36. The number of rotatable bonds is 0. The van der Waals surface area contributed by atoms with Crippen LogP contribution in [0.25, 0.3) is 21.5 Å². The third-order valence-electron chi connectivity index (χ3n) is 4.78. The first-order valence-electron chi connectivity index (χ1n) is 8.26. The van der Waals surface area contributed by atoms with Gasteiger partial charge in [0.2, 0.25) is 0 Å². The Morgan fingerprint density at radius 3 is 1.50 bits per heavy atom. The molecule has 0 radical (unpaired) electrons. The molecule has 0 saturated carbocycles. The highest BCUT2D eigenvalue weighted by Gasteiger charge is 2.10. The molecule has 114 valence electrons. The largest absolute Gasteiger partial charge is 0.278 e. The summed E-state index contributed by atoms with van der Waals surface area (Å²) in [5.41, 5.74) is 2.56. The van der Waals surface area contributed by atoms with Gasteiger partial charge < -0.3 is 0 Å². The Morgan fingerprint density at radius 1 is 0.500 bits per heavy atom. The second-order valence-electron chi connectivity index (χ2n) is 6.22. The monoisotopic (exact) mass is 308 g/mol. The zero-order valence-electron chi connectivity index (χ0n) is 13.2. The van der Waals surface area contributed by atoms with Crippen molar-refractivity contribution in [3.8, 4) is 0 Å². The molecule has 5 rings (SSSR count). The summed E-state index contributed by atoms with van der Waals surface area (Å²) in [4.78, 5) is 9.68. The van der Waals surface area contributed by atoms with E-state index in [1.165, 1.54) is 32.7 Å².